The smallest absolute Gasteiger partial charge is 0.454 e. The predicted octanol–water partition coefficient (Wildman–Crippen LogP) is 5.25. The van der Waals surface area contributed by atoms with Crippen LogP contribution in [0.5, 0.6) is 0 Å². The van der Waals surface area contributed by atoms with Gasteiger partial charge >= 0.3 is 30.7 Å². The van der Waals surface area contributed by atoms with Gasteiger partial charge in [0.2, 0.25) is 17.3 Å². The summed E-state index contributed by atoms with van der Waals surface area (Å²) in [6.45, 7) is 2.32. The van der Waals surface area contributed by atoms with Crippen molar-refractivity contribution in [1.29, 1.82) is 0 Å². The number of alkyl halides is 12. The number of allylic oxidation sites excluding steroid dienone is 5. The maximum atomic E-state index is 11.5. The predicted molar refractivity (Wildman–Crippen MR) is 88.7 cm³/mol. The minimum absolute atomic E-state index is 0. The van der Waals surface area contributed by atoms with Crippen LogP contribution in [0.15, 0.2) is 35.5 Å². The molecule has 0 rings (SSSR count). The number of halogens is 12. The Morgan fingerprint density at radius 2 is 0.895 bits per heavy atom. The van der Waals surface area contributed by atoms with E-state index in [-0.39, 0.29) is 85.9 Å². The summed E-state index contributed by atoms with van der Waals surface area (Å²) >= 11 is 0. The van der Waals surface area contributed by atoms with Crippen LogP contribution in [0.25, 0.3) is 0 Å². The zero-order valence-electron chi connectivity index (χ0n) is 17.9. The monoisotopic (exact) mass is 867 g/mol. The summed E-state index contributed by atoms with van der Waals surface area (Å²) in [5.41, 5.74) is 0. The summed E-state index contributed by atoms with van der Waals surface area (Å²) in [6.07, 6.45) is -21.3. The Hall–Kier alpha value is -1.19. The molecule has 0 saturated heterocycles. The molecule has 0 amide bonds. The van der Waals surface area contributed by atoms with Crippen molar-refractivity contribution in [3.05, 3.63) is 35.5 Å². The molecule has 38 heavy (non-hydrogen) atoms. The number of carbonyl (C=O) groups excluding carboxylic acids is 3. The minimum atomic E-state index is -5.42. The third kappa shape index (κ3) is 27.8. The molecule has 0 aromatic carbocycles. The van der Waals surface area contributed by atoms with Gasteiger partial charge in [0.1, 0.15) is 0 Å². The number of ketones is 2. The molecular weight excluding hydrogens is 856 g/mol. The first-order valence-electron chi connectivity index (χ1n) is 7.98. The average molecular weight is 870 g/mol. The fraction of sp³-hybridized carbons (Fsp3) is 0.438. The van der Waals surface area contributed by atoms with Crippen molar-refractivity contribution in [2.45, 2.75) is 38.6 Å². The Balaban J connectivity index is -0.0000000980. The molecule has 0 aliphatic rings. The minimum Gasteiger partial charge on any atom is -0.504 e. The Morgan fingerprint density at radius 1 is 0.605 bits per heavy atom. The van der Waals surface area contributed by atoms with E-state index in [1.54, 1.807) is 0 Å². The molecule has 0 aliphatic carbocycles. The Labute approximate surface area is 251 Å². The molecule has 237 valence electrons. The van der Waals surface area contributed by atoms with Gasteiger partial charge in [-0.25, -0.2) is 4.79 Å². The Kier molecular flexibility index (Phi) is 27.1. The summed E-state index contributed by atoms with van der Waals surface area (Å²) in [6, 6.07) is 0. The molecule has 3 radical (unpaired) electrons. The first-order valence-corrected chi connectivity index (χ1v) is 7.98. The zero-order valence-corrected chi connectivity index (χ0v) is 22.3. The summed E-state index contributed by atoms with van der Waals surface area (Å²) in [4.78, 5) is 30.2. The molecule has 0 atom stereocenters. The molecular formula is C16H14Ag3F12O7. The van der Waals surface area contributed by atoms with E-state index in [9.17, 15) is 67.1 Å². The van der Waals surface area contributed by atoms with Gasteiger partial charge in [0.25, 0.3) is 5.78 Å². The van der Waals surface area contributed by atoms with E-state index >= 15 is 0 Å². The van der Waals surface area contributed by atoms with Gasteiger partial charge in [0.05, 0.1) is 12.7 Å². The van der Waals surface area contributed by atoms with E-state index in [1.165, 1.54) is 6.92 Å². The van der Waals surface area contributed by atoms with Crippen LogP contribution in [0.2, 0.25) is 0 Å². The largest absolute Gasteiger partial charge is 0.504 e. The number of rotatable bonds is 4. The van der Waals surface area contributed by atoms with Crippen molar-refractivity contribution in [3.63, 3.8) is 0 Å². The molecule has 0 spiro atoms. The van der Waals surface area contributed by atoms with E-state index in [0.717, 1.165) is 6.92 Å². The van der Waals surface area contributed by atoms with E-state index in [0.29, 0.717) is 0 Å². The van der Waals surface area contributed by atoms with Crippen LogP contribution in [-0.4, -0.2) is 64.2 Å². The van der Waals surface area contributed by atoms with Crippen LogP contribution < -0.4 is 0 Å². The van der Waals surface area contributed by atoms with Crippen LogP contribution in [0, 0.1) is 0 Å². The van der Waals surface area contributed by atoms with E-state index in [2.05, 4.69) is 4.74 Å². The van der Waals surface area contributed by atoms with Gasteiger partial charge < -0.3 is 20.1 Å². The first-order chi connectivity index (χ1) is 15.3. The number of hydrogen-bond donors (Lipinski definition) is 3. The SMILES string of the molecule is CC(=O)C=C(O)C(F)(F)F.CCOC(=O)C=C(O)C(F)(F)F.O=C(C=C(O)C(F)(F)F)C(F)(F)F.[Ag].[Ag].[Ag]. The third-order valence-corrected chi connectivity index (χ3v) is 2.30. The van der Waals surface area contributed by atoms with Crippen LogP contribution in [0.1, 0.15) is 13.8 Å². The number of carbonyl (C=O) groups is 3. The van der Waals surface area contributed by atoms with Gasteiger partial charge in [0, 0.05) is 79.3 Å². The molecule has 0 saturated carbocycles. The van der Waals surface area contributed by atoms with Crippen molar-refractivity contribution in [2.24, 2.45) is 0 Å². The van der Waals surface area contributed by atoms with Gasteiger partial charge in [-0.15, -0.1) is 0 Å². The second kappa shape index (κ2) is 20.7. The fourth-order valence-electron chi connectivity index (χ4n) is 0.940. The van der Waals surface area contributed by atoms with Crippen LogP contribution in [-0.2, 0) is 86.3 Å². The standard InChI is InChI=1S/C6H7F3O3.C5H2F6O2.C5H5F3O2.3Ag/c1-2-12-5(11)3-4(10)6(7,8)9;6-4(7,8)2(12)1-3(13)5(9,10)11;1-3(9)2-4(10)5(6,7)8;;;/h3,10H,2H2,1H3;1,12H;2,10H,1H3;;;. The maximum Gasteiger partial charge on any atom is 0.454 e. The summed E-state index contributed by atoms with van der Waals surface area (Å²) < 4.78 is 141. The molecule has 0 aromatic heterocycles. The molecule has 0 aromatic rings. The molecule has 0 aliphatic heterocycles. The maximum absolute atomic E-state index is 11.5. The number of hydrogen-bond acceptors (Lipinski definition) is 7. The number of esters is 1. The van der Waals surface area contributed by atoms with Crippen LogP contribution in [0.3, 0.4) is 0 Å². The first kappa shape index (κ1) is 49.7. The second-order valence-corrected chi connectivity index (χ2v) is 5.31. The van der Waals surface area contributed by atoms with Crippen molar-refractivity contribution in [3.8, 4) is 0 Å². The summed E-state index contributed by atoms with van der Waals surface area (Å²) in [7, 11) is 0. The molecule has 0 unspecified atom stereocenters. The third-order valence-electron chi connectivity index (χ3n) is 2.30. The normalized spacial score (nSPS) is 12.5. The van der Waals surface area contributed by atoms with E-state index in [4.69, 9.17) is 15.3 Å². The molecule has 0 bridgehead atoms. The van der Waals surface area contributed by atoms with Crippen molar-refractivity contribution < 1.29 is 154 Å². The van der Waals surface area contributed by atoms with Crippen molar-refractivity contribution in [2.75, 3.05) is 6.61 Å². The number of ether oxygens (including phenoxy) is 1. The van der Waals surface area contributed by atoms with Gasteiger partial charge in [-0.3, -0.25) is 9.59 Å². The number of aliphatic hydroxyl groups is 3. The summed E-state index contributed by atoms with van der Waals surface area (Å²) in [5, 5.41) is 24.2. The molecule has 7 nitrogen and oxygen atoms in total. The average Bonchev–Trinajstić information content (AvgIpc) is 2.59. The van der Waals surface area contributed by atoms with Gasteiger partial charge in [-0.1, -0.05) is 0 Å². The summed E-state index contributed by atoms with van der Waals surface area (Å²) in [5.74, 6) is -11.2. The molecule has 0 fully saturated rings. The number of aliphatic hydroxyl groups excluding tert-OH is 3. The fourth-order valence-corrected chi connectivity index (χ4v) is 0.940. The Morgan fingerprint density at radius 3 is 1.11 bits per heavy atom. The van der Waals surface area contributed by atoms with Crippen LogP contribution in [0.4, 0.5) is 52.7 Å². The van der Waals surface area contributed by atoms with Gasteiger partial charge in [-0.2, -0.15) is 52.7 Å². The van der Waals surface area contributed by atoms with Gasteiger partial charge in [-0.05, 0) is 13.8 Å². The zero-order chi connectivity index (χ0) is 29.0. The molecule has 0 heterocycles. The molecule has 22 heteroatoms. The Bertz CT molecular complexity index is 828. The molecule has 3 N–H and O–H groups in total. The van der Waals surface area contributed by atoms with Gasteiger partial charge in [0.15, 0.2) is 5.78 Å². The second-order valence-electron chi connectivity index (χ2n) is 5.31. The van der Waals surface area contributed by atoms with Crippen molar-refractivity contribution in [1.82, 2.24) is 0 Å². The van der Waals surface area contributed by atoms with E-state index in [1.807, 2.05) is 0 Å². The topological polar surface area (TPSA) is 121 Å². The van der Waals surface area contributed by atoms with E-state index < -0.39 is 65.6 Å². The quantitative estimate of drug-likeness (QED) is 0.116. The van der Waals surface area contributed by atoms with Crippen LogP contribution >= 0.6 is 0 Å². The van der Waals surface area contributed by atoms with Crippen molar-refractivity contribution >= 4 is 17.5 Å².